The van der Waals surface area contributed by atoms with Crippen molar-refractivity contribution in [1.29, 1.82) is 0 Å². The molecule has 2 rings (SSSR count). The number of aromatic nitrogens is 3. The summed E-state index contributed by atoms with van der Waals surface area (Å²) in [5.41, 5.74) is 0. The van der Waals surface area contributed by atoms with Gasteiger partial charge in [-0.1, -0.05) is 6.07 Å². The quantitative estimate of drug-likeness (QED) is 0.847. The van der Waals surface area contributed by atoms with Gasteiger partial charge in [-0.15, -0.1) is 10.2 Å². The molecular formula is C12H15FN4O2S. The SMILES string of the molecule is Cc1nnc(CN(C)S(=O)(=O)c2cccc(F)c2)n1C. The zero-order valence-electron chi connectivity index (χ0n) is 11.4. The molecule has 0 amide bonds. The molecule has 0 spiro atoms. The van der Waals surface area contributed by atoms with Gasteiger partial charge >= 0.3 is 0 Å². The highest BCUT2D eigenvalue weighted by molar-refractivity contribution is 7.89. The van der Waals surface area contributed by atoms with Gasteiger partial charge in [0.25, 0.3) is 0 Å². The molecule has 0 bridgehead atoms. The highest BCUT2D eigenvalue weighted by Crippen LogP contribution is 2.17. The Morgan fingerprint density at radius 1 is 1.35 bits per heavy atom. The van der Waals surface area contributed by atoms with Crippen LogP contribution in [-0.4, -0.2) is 34.5 Å². The van der Waals surface area contributed by atoms with Crippen LogP contribution < -0.4 is 0 Å². The fraction of sp³-hybridized carbons (Fsp3) is 0.333. The van der Waals surface area contributed by atoms with Gasteiger partial charge in [-0.2, -0.15) is 4.31 Å². The van der Waals surface area contributed by atoms with Crippen molar-refractivity contribution in [1.82, 2.24) is 19.1 Å². The van der Waals surface area contributed by atoms with Gasteiger partial charge in [0.05, 0.1) is 11.4 Å². The zero-order valence-corrected chi connectivity index (χ0v) is 12.2. The van der Waals surface area contributed by atoms with Gasteiger partial charge < -0.3 is 4.57 Å². The second-order valence-corrected chi connectivity index (χ2v) is 6.49. The van der Waals surface area contributed by atoms with E-state index in [0.717, 1.165) is 10.4 Å². The Bertz CT molecular complexity index is 727. The molecule has 0 saturated heterocycles. The first-order valence-electron chi connectivity index (χ1n) is 5.89. The lowest BCUT2D eigenvalue weighted by molar-refractivity contribution is 0.449. The minimum atomic E-state index is -3.75. The molecule has 0 aliphatic carbocycles. The van der Waals surface area contributed by atoms with E-state index in [2.05, 4.69) is 10.2 Å². The Morgan fingerprint density at radius 2 is 2.05 bits per heavy atom. The van der Waals surface area contributed by atoms with Crippen molar-refractivity contribution in [3.05, 3.63) is 41.7 Å². The maximum absolute atomic E-state index is 13.1. The van der Waals surface area contributed by atoms with E-state index in [9.17, 15) is 12.8 Å². The number of benzene rings is 1. The third-order valence-electron chi connectivity index (χ3n) is 3.05. The molecule has 1 heterocycles. The average molecular weight is 298 g/mol. The average Bonchev–Trinajstić information content (AvgIpc) is 2.70. The van der Waals surface area contributed by atoms with Gasteiger partial charge in [0.15, 0.2) is 0 Å². The van der Waals surface area contributed by atoms with Crippen LogP contribution in [-0.2, 0) is 23.6 Å². The third kappa shape index (κ3) is 2.70. The van der Waals surface area contributed by atoms with Crippen LogP contribution in [0.3, 0.4) is 0 Å². The molecule has 2 aromatic rings. The Hall–Kier alpha value is -1.80. The first-order valence-corrected chi connectivity index (χ1v) is 7.33. The van der Waals surface area contributed by atoms with Crippen LogP contribution in [0.2, 0.25) is 0 Å². The third-order valence-corrected chi connectivity index (χ3v) is 4.85. The van der Waals surface area contributed by atoms with Gasteiger partial charge in [-0.05, 0) is 25.1 Å². The van der Waals surface area contributed by atoms with Crippen molar-refractivity contribution >= 4 is 10.0 Å². The van der Waals surface area contributed by atoms with E-state index in [1.165, 1.54) is 25.2 Å². The van der Waals surface area contributed by atoms with Crippen LogP contribution in [0.25, 0.3) is 0 Å². The number of nitrogens with zero attached hydrogens (tertiary/aromatic N) is 4. The molecule has 0 aliphatic heterocycles. The molecule has 108 valence electrons. The Morgan fingerprint density at radius 3 is 2.60 bits per heavy atom. The Balaban J connectivity index is 2.28. The molecule has 0 saturated carbocycles. The lowest BCUT2D eigenvalue weighted by Gasteiger charge is -2.16. The van der Waals surface area contributed by atoms with E-state index in [-0.39, 0.29) is 11.4 Å². The Labute approximate surface area is 116 Å². The minimum absolute atomic E-state index is 0.0657. The fourth-order valence-electron chi connectivity index (χ4n) is 1.68. The van der Waals surface area contributed by atoms with Crippen molar-refractivity contribution in [3.8, 4) is 0 Å². The highest BCUT2D eigenvalue weighted by Gasteiger charge is 2.23. The largest absolute Gasteiger partial charge is 0.317 e. The molecule has 0 atom stereocenters. The van der Waals surface area contributed by atoms with E-state index < -0.39 is 15.8 Å². The number of sulfonamides is 1. The smallest absolute Gasteiger partial charge is 0.243 e. The van der Waals surface area contributed by atoms with Crippen LogP contribution >= 0.6 is 0 Å². The minimum Gasteiger partial charge on any atom is -0.317 e. The first kappa shape index (κ1) is 14.6. The fourth-order valence-corrected chi connectivity index (χ4v) is 2.84. The van der Waals surface area contributed by atoms with Gasteiger partial charge in [0.2, 0.25) is 10.0 Å². The summed E-state index contributed by atoms with van der Waals surface area (Å²) < 4.78 is 40.6. The molecule has 20 heavy (non-hydrogen) atoms. The molecule has 0 radical (unpaired) electrons. The van der Waals surface area contributed by atoms with Crippen LogP contribution in [0.15, 0.2) is 29.2 Å². The molecule has 0 unspecified atom stereocenters. The molecule has 0 N–H and O–H groups in total. The van der Waals surface area contributed by atoms with Crippen LogP contribution in [0.4, 0.5) is 4.39 Å². The highest BCUT2D eigenvalue weighted by atomic mass is 32.2. The summed E-state index contributed by atoms with van der Waals surface area (Å²) in [5.74, 6) is 0.621. The van der Waals surface area contributed by atoms with Crippen LogP contribution in [0, 0.1) is 12.7 Å². The first-order chi connectivity index (χ1) is 9.32. The number of rotatable bonds is 4. The van der Waals surface area contributed by atoms with Gasteiger partial charge in [-0.3, -0.25) is 0 Å². The van der Waals surface area contributed by atoms with Crippen molar-refractivity contribution < 1.29 is 12.8 Å². The zero-order chi connectivity index (χ0) is 14.9. The van der Waals surface area contributed by atoms with Gasteiger partial charge in [0.1, 0.15) is 17.5 Å². The van der Waals surface area contributed by atoms with Crippen LogP contribution in [0.5, 0.6) is 0 Å². The predicted octanol–water partition coefficient (Wildman–Crippen LogP) is 1.08. The summed E-state index contributed by atoms with van der Waals surface area (Å²) in [6.45, 7) is 1.84. The van der Waals surface area contributed by atoms with E-state index >= 15 is 0 Å². The summed E-state index contributed by atoms with van der Waals surface area (Å²) in [5, 5.41) is 7.78. The van der Waals surface area contributed by atoms with E-state index in [0.29, 0.717) is 11.6 Å². The lowest BCUT2D eigenvalue weighted by atomic mass is 10.4. The molecule has 1 aromatic heterocycles. The molecule has 8 heteroatoms. The Kier molecular flexibility index (Phi) is 3.87. The maximum Gasteiger partial charge on any atom is 0.243 e. The number of hydrogen-bond acceptors (Lipinski definition) is 4. The van der Waals surface area contributed by atoms with Crippen molar-refractivity contribution in [2.45, 2.75) is 18.4 Å². The summed E-state index contributed by atoms with van der Waals surface area (Å²) in [6.07, 6.45) is 0. The molecule has 0 fully saturated rings. The molecular weight excluding hydrogens is 283 g/mol. The summed E-state index contributed by atoms with van der Waals surface area (Å²) >= 11 is 0. The topological polar surface area (TPSA) is 68.1 Å². The number of aryl methyl sites for hydroxylation is 1. The van der Waals surface area contributed by atoms with Gasteiger partial charge in [-0.25, -0.2) is 12.8 Å². The standard InChI is InChI=1S/C12H15FN4O2S/c1-9-14-15-12(17(9)3)8-16(2)20(18,19)11-6-4-5-10(13)7-11/h4-7H,8H2,1-3H3. The lowest BCUT2D eigenvalue weighted by Crippen LogP contribution is -2.28. The van der Waals surface area contributed by atoms with Gasteiger partial charge in [0, 0.05) is 14.1 Å². The monoisotopic (exact) mass is 298 g/mol. The summed E-state index contributed by atoms with van der Waals surface area (Å²) in [6, 6.07) is 4.91. The van der Waals surface area contributed by atoms with Crippen molar-refractivity contribution in [2.75, 3.05) is 7.05 Å². The van der Waals surface area contributed by atoms with Crippen molar-refractivity contribution in [3.63, 3.8) is 0 Å². The molecule has 1 aromatic carbocycles. The van der Waals surface area contributed by atoms with E-state index in [1.807, 2.05) is 0 Å². The van der Waals surface area contributed by atoms with Crippen LogP contribution in [0.1, 0.15) is 11.6 Å². The normalized spacial score (nSPS) is 12.1. The second kappa shape index (κ2) is 5.29. The number of hydrogen-bond donors (Lipinski definition) is 0. The molecule has 0 aliphatic rings. The summed E-state index contributed by atoms with van der Waals surface area (Å²) in [7, 11) is -0.577. The second-order valence-electron chi connectivity index (χ2n) is 4.44. The van der Waals surface area contributed by atoms with E-state index in [1.54, 1.807) is 18.5 Å². The summed E-state index contributed by atoms with van der Waals surface area (Å²) in [4.78, 5) is -0.0844. The van der Waals surface area contributed by atoms with E-state index in [4.69, 9.17) is 0 Å². The molecule has 6 nitrogen and oxygen atoms in total. The van der Waals surface area contributed by atoms with Crippen molar-refractivity contribution in [2.24, 2.45) is 7.05 Å². The number of halogens is 1. The maximum atomic E-state index is 13.1. The predicted molar refractivity (Wildman–Crippen MR) is 70.8 cm³/mol.